The molecule has 3 aromatic carbocycles. The van der Waals surface area contributed by atoms with Crippen molar-refractivity contribution in [2.24, 2.45) is 0 Å². The molecule has 0 radical (unpaired) electrons. The third-order valence-electron chi connectivity index (χ3n) is 4.44. The fourth-order valence-corrected chi connectivity index (χ4v) is 6.52. The molecular formula is C21H21NO6S2. The number of ether oxygens (including phenoxy) is 1. The Morgan fingerprint density at radius 2 is 1.20 bits per heavy atom. The average molecular weight is 448 g/mol. The lowest BCUT2D eigenvalue weighted by atomic mass is 10.1. The lowest BCUT2D eigenvalue weighted by Crippen LogP contribution is -2.39. The molecule has 0 fully saturated rings. The molecule has 0 aliphatic rings. The van der Waals surface area contributed by atoms with Gasteiger partial charge in [-0.05, 0) is 42.0 Å². The Morgan fingerprint density at radius 1 is 0.767 bits per heavy atom. The first-order chi connectivity index (χ1) is 14.3. The van der Waals surface area contributed by atoms with Crippen LogP contribution in [-0.4, -0.2) is 39.3 Å². The number of hydrogen-bond acceptors (Lipinski definition) is 6. The zero-order chi connectivity index (χ0) is 21.8. The molecule has 0 aliphatic heterocycles. The van der Waals surface area contributed by atoms with Gasteiger partial charge in [-0.1, -0.05) is 52.2 Å². The van der Waals surface area contributed by atoms with Gasteiger partial charge in [0.2, 0.25) is 0 Å². The van der Waals surface area contributed by atoms with Crippen molar-refractivity contribution < 1.29 is 26.7 Å². The molecule has 0 heterocycles. The van der Waals surface area contributed by atoms with E-state index in [4.69, 9.17) is 4.74 Å². The van der Waals surface area contributed by atoms with E-state index in [1.54, 1.807) is 36.4 Å². The molecule has 0 spiro atoms. The SMILES string of the molecule is COc1ccc(C(O)CN(S(=O)(=O)c2ccccc2)S(=O)(=O)c2ccccc2)cc1. The number of aliphatic hydroxyl groups is 1. The van der Waals surface area contributed by atoms with E-state index in [0.29, 0.717) is 15.0 Å². The Kier molecular flexibility index (Phi) is 6.57. The van der Waals surface area contributed by atoms with E-state index < -0.39 is 32.7 Å². The lowest BCUT2D eigenvalue weighted by Gasteiger charge is -2.24. The van der Waals surface area contributed by atoms with Crippen LogP contribution >= 0.6 is 0 Å². The van der Waals surface area contributed by atoms with Gasteiger partial charge in [-0.3, -0.25) is 0 Å². The van der Waals surface area contributed by atoms with Crippen molar-refractivity contribution in [3.63, 3.8) is 0 Å². The Labute approximate surface area is 176 Å². The molecular weight excluding hydrogens is 426 g/mol. The summed E-state index contributed by atoms with van der Waals surface area (Å²) in [6.07, 6.45) is -1.38. The van der Waals surface area contributed by atoms with Gasteiger partial charge in [0.25, 0.3) is 20.0 Å². The van der Waals surface area contributed by atoms with Crippen molar-refractivity contribution in [3.8, 4) is 5.75 Å². The third-order valence-corrected chi connectivity index (χ3v) is 8.72. The van der Waals surface area contributed by atoms with Crippen molar-refractivity contribution in [1.82, 2.24) is 3.71 Å². The zero-order valence-electron chi connectivity index (χ0n) is 16.1. The molecule has 3 aromatic rings. The minimum Gasteiger partial charge on any atom is -0.497 e. The monoisotopic (exact) mass is 447 g/mol. The fourth-order valence-electron chi connectivity index (χ4n) is 2.82. The zero-order valence-corrected chi connectivity index (χ0v) is 17.8. The first-order valence-electron chi connectivity index (χ1n) is 8.97. The summed E-state index contributed by atoms with van der Waals surface area (Å²) in [4.78, 5) is -0.377. The lowest BCUT2D eigenvalue weighted by molar-refractivity contribution is 0.165. The Bertz CT molecular complexity index is 1110. The summed E-state index contributed by atoms with van der Waals surface area (Å²) in [5, 5.41) is 10.7. The largest absolute Gasteiger partial charge is 0.497 e. The van der Waals surface area contributed by atoms with Gasteiger partial charge in [-0.2, -0.15) is 0 Å². The minimum atomic E-state index is -4.46. The van der Waals surface area contributed by atoms with Crippen molar-refractivity contribution >= 4 is 20.0 Å². The van der Waals surface area contributed by atoms with Crippen LogP contribution < -0.4 is 4.74 Å². The summed E-state index contributed by atoms with van der Waals surface area (Å²) in [6, 6.07) is 20.8. The molecule has 0 saturated carbocycles. The first-order valence-corrected chi connectivity index (χ1v) is 11.8. The Morgan fingerprint density at radius 3 is 1.60 bits per heavy atom. The molecule has 9 heteroatoms. The van der Waals surface area contributed by atoms with Crippen molar-refractivity contribution in [3.05, 3.63) is 90.5 Å². The van der Waals surface area contributed by atoms with Crippen LogP contribution in [0.5, 0.6) is 5.75 Å². The van der Waals surface area contributed by atoms with E-state index in [-0.39, 0.29) is 9.79 Å². The van der Waals surface area contributed by atoms with Gasteiger partial charge in [0.1, 0.15) is 5.75 Å². The van der Waals surface area contributed by atoms with E-state index in [9.17, 15) is 21.9 Å². The van der Waals surface area contributed by atoms with Gasteiger partial charge in [0, 0.05) is 0 Å². The highest BCUT2D eigenvalue weighted by Crippen LogP contribution is 2.28. The molecule has 158 valence electrons. The van der Waals surface area contributed by atoms with Crippen LogP contribution in [0.1, 0.15) is 11.7 Å². The summed E-state index contributed by atoms with van der Waals surface area (Å²) >= 11 is 0. The van der Waals surface area contributed by atoms with Crippen LogP contribution in [0.15, 0.2) is 94.7 Å². The summed E-state index contributed by atoms with van der Waals surface area (Å²) in [6.45, 7) is -0.680. The number of aliphatic hydroxyl groups excluding tert-OH is 1. The second-order valence-corrected chi connectivity index (χ2v) is 10.3. The van der Waals surface area contributed by atoms with E-state index in [1.165, 1.54) is 55.6 Å². The molecule has 1 atom stereocenters. The number of methoxy groups -OCH3 is 1. The molecule has 0 aliphatic carbocycles. The number of hydrogen-bond donors (Lipinski definition) is 1. The molecule has 7 nitrogen and oxygen atoms in total. The van der Waals surface area contributed by atoms with Gasteiger partial charge in [0.05, 0.1) is 29.5 Å². The second kappa shape index (κ2) is 8.97. The summed E-state index contributed by atoms with van der Waals surface area (Å²) < 4.78 is 58.4. The molecule has 0 saturated heterocycles. The maximum absolute atomic E-state index is 13.2. The van der Waals surface area contributed by atoms with Gasteiger partial charge in [-0.25, -0.2) is 16.8 Å². The van der Waals surface area contributed by atoms with Crippen molar-refractivity contribution in [2.75, 3.05) is 13.7 Å². The van der Waals surface area contributed by atoms with Crippen LogP contribution in [0.25, 0.3) is 0 Å². The summed E-state index contributed by atoms with van der Waals surface area (Å²) in [7, 11) is -7.43. The molecule has 30 heavy (non-hydrogen) atoms. The maximum Gasteiger partial charge on any atom is 0.256 e. The van der Waals surface area contributed by atoms with Gasteiger partial charge in [-0.15, -0.1) is 0 Å². The highest BCUT2D eigenvalue weighted by molar-refractivity contribution is 8.04. The first kappa shape index (κ1) is 22.0. The molecule has 3 rings (SSSR count). The van der Waals surface area contributed by atoms with Crippen LogP contribution in [0.4, 0.5) is 0 Å². The highest BCUT2D eigenvalue weighted by atomic mass is 32.3. The van der Waals surface area contributed by atoms with Gasteiger partial charge < -0.3 is 9.84 Å². The molecule has 0 bridgehead atoms. The van der Waals surface area contributed by atoms with Crippen molar-refractivity contribution in [2.45, 2.75) is 15.9 Å². The van der Waals surface area contributed by atoms with Crippen LogP contribution in [-0.2, 0) is 20.0 Å². The standard InChI is InChI=1S/C21H21NO6S2/c1-28-18-14-12-17(13-15-18)21(23)16-22(29(24,25)19-8-4-2-5-9-19)30(26,27)20-10-6-3-7-11-20/h2-15,21,23H,16H2,1H3. The van der Waals surface area contributed by atoms with Gasteiger partial charge >= 0.3 is 0 Å². The number of sulfonamides is 2. The fraction of sp³-hybridized carbons (Fsp3) is 0.143. The minimum absolute atomic E-state index is 0.188. The van der Waals surface area contributed by atoms with Crippen LogP contribution in [0, 0.1) is 0 Å². The number of nitrogens with zero attached hydrogens (tertiary/aromatic N) is 1. The summed E-state index contributed by atoms with van der Waals surface area (Å²) in [5.74, 6) is 0.552. The molecule has 0 amide bonds. The Balaban J connectivity index is 2.05. The predicted molar refractivity (Wildman–Crippen MR) is 112 cm³/mol. The van der Waals surface area contributed by atoms with Crippen LogP contribution in [0.3, 0.4) is 0 Å². The topological polar surface area (TPSA) is 101 Å². The highest BCUT2D eigenvalue weighted by Gasteiger charge is 2.38. The third kappa shape index (κ3) is 4.54. The van der Waals surface area contributed by atoms with E-state index in [2.05, 4.69) is 0 Å². The van der Waals surface area contributed by atoms with E-state index in [0.717, 1.165) is 0 Å². The van der Waals surface area contributed by atoms with E-state index in [1.807, 2.05) is 0 Å². The molecule has 0 aromatic heterocycles. The predicted octanol–water partition coefficient (Wildman–Crippen LogP) is 2.81. The second-order valence-electron chi connectivity index (χ2n) is 6.38. The smallest absolute Gasteiger partial charge is 0.256 e. The van der Waals surface area contributed by atoms with Gasteiger partial charge in [0.15, 0.2) is 0 Å². The quantitative estimate of drug-likeness (QED) is 0.570. The number of rotatable bonds is 8. The molecule has 1 unspecified atom stereocenters. The summed E-state index contributed by atoms with van der Waals surface area (Å²) in [5.41, 5.74) is 0.354. The average Bonchev–Trinajstić information content (AvgIpc) is 2.78. The Hall–Kier alpha value is -2.72. The number of benzene rings is 3. The van der Waals surface area contributed by atoms with E-state index >= 15 is 0 Å². The van der Waals surface area contributed by atoms with Crippen molar-refractivity contribution in [1.29, 1.82) is 0 Å². The molecule has 1 N–H and O–H groups in total. The normalized spacial score (nSPS) is 13.2. The van der Waals surface area contributed by atoms with Crippen LogP contribution in [0.2, 0.25) is 0 Å². The maximum atomic E-state index is 13.2.